The predicted octanol–water partition coefficient (Wildman–Crippen LogP) is 0.291. The summed E-state index contributed by atoms with van der Waals surface area (Å²) in [6.45, 7) is 6.44. The Balaban J connectivity index is 0. The zero-order valence-corrected chi connectivity index (χ0v) is 17.7. The molecule has 0 heterocycles. The Morgan fingerprint density at radius 3 is 1.95 bits per heavy atom. The van der Waals surface area contributed by atoms with E-state index in [9.17, 15) is 0 Å². The Kier molecular flexibility index (Phi) is 11.1. The van der Waals surface area contributed by atoms with E-state index in [2.05, 4.69) is 32.9 Å². The molecule has 0 radical (unpaired) electrons. The summed E-state index contributed by atoms with van der Waals surface area (Å²) in [7, 11) is 0. The topological polar surface area (TPSA) is 9.23 Å². The summed E-state index contributed by atoms with van der Waals surface area (Å²) in [6, 6.07) is 3.26. The molecular weight excluding hydrogens is 421 g/mol. The molecule has 7 heteroatoms. The molecule has 1 aromatic rings. The molecule has 0 aliphatic heterocycles. The average molecular weight is 436 g/mol. The van der Waals surface area contributed by atoms with Crippen LogP contribution in [0.4, 0.5) is 0 Å². The van der Waals surface area contributed by atoms with Crippen molar-refractivity contribution >= 4 is 34.8 Å². The molecule has 1 nitrogen and oxygen atoms in total. The van der Waals surface area contributed by atoms with Crippen molar-refractivity contribution in [3.8, 4) is 5.75 Å². The number of ether oxygens (including phenoxy) is 1. The molecule has 1 aromatic carbocycles. The smallest absolute Gasteiger partial charge is 1.00 e. The van der Waals surface area contributed by atoms with Gasteiger partial charge in [0.2, 0.25) is 0 Å². The van der Waals surface area contributed by atoms with Gasteiger partial charge < -0.3 is 29.6 Å². The van der Waals surface area contributed by atoms with Crippen LogP contribution in [0.2, 0.25) is 15.1 Å². The van der Waals surface area contributed by atoms with Crippen LogP contribution in [0.25, 0.3) is 0 Å². The van der Waals surface area contributed by atoms with E-state index in [0.29, 0.717) is 20.8 Å². The molecule has 0 unspecified atom stereocenters. The van der Waals surface area contributed by atoms with Crippen LogP contribution in [-0.2, 0) is 21.7 Å². The number of hydrogen-bond acceptors (Lipinski definition) is 1. The van der Waals surface area contributed by atoms with E-state index in [4.69, 9.17) is 39.5 Å². The molecule has 0 saturated carbocycles. The fourth-order valence-electron chi connectivity index (χ4n) is 2.00. The maximum atomic E-state index is 6.14. The van der Waals surface area contributed by atoms with Crippen molar-refractivity contribution in [1.29, 1.82) is 0 Å². The van der Waals surface area contributed by atoms with Crippen LogP contribution < -0.4 is 29.6 Å². The first-order valence-electron chi connectivity index (χ1n) is 6.01. The number of benzene rings is 1. The molecular formula is C15H15Cl5OTi. The minimum atomic E-state index is 0. The summed E-state index contributed by atoms with van der Waals surface area (Å²) in [5, 5.41) is 1.34. The first kappa shape index (κ1) is 24.9. The van der Waals surface area contributed by atoms with Gasteiger partial charge in [-0.15, -0.1) is 0 Å². The minimum Gasteiger partial charge on any atom is -1.00 e. The molecule has 0 amide bonds. The molecule has 0 saturated heterocycles. The van der Waals surface area contributed by atoms with E-state index < -0.39 is 0 Å². The molecule has 0 fully saturated rings. The largest absolute Gasteiger partial charge is 2.00 e. The van der Waals surface area contributed by atoms with Gasteiger partial charge in [-0.25, -0.2) is 0 Å². The molecule has 1 aliphatic rings. The van der Waals surface area contributed by atoms with Crippen LogP contribution in [0.15, 0.2) is 35.6 Å². The normalized spacial score (nSPS) is 13.2. The number of allylic oxidation sites excluding steroid dienone is 3. The van der Waals surface area contributed by atoms with Gasteiger partial charge in [-0.1, -0.05) is 67.7 Å². The second-order valence-electron chi connectivity index (χ2n) is 5.49. The van der Waals surface area contributed by atoms with Crippen LogP contribution in [0.5, 0.6) is 5.75 Å². The van der Waals surface area contributed by atoms with Crippen molar-refractivity contribution in [3.05, 3.63) is 50.7 Å². The average Bonchev–Trinajstić information content (AvgIpc) is 2.70. The summed E-state index contributed by atoms with van der Waals surface area (Å²) >= 11 is 18.2. The molecule has 0 bridgehead atoms. The van der Waals surface area contributed by atoms with Gasteiger partial charge in [0.25, 0.3) is 0 Å². The van der Waals surface area contributed by atoms with Crippen LogP contribution >= 0.6 is 34.8 Å². The Hall–Kier alpha value is 0.664. The van der Waals surface area contributed by atoms with Gasteiger partial charge in [-0.05, 0) is 23.1 Å². The van der Waals surface area contributed by atoms with E-state index in [-0.39, 0.29) is 51.9 Å². The third kappa shape index (κ3) is 5.94. The number of hydrogen-bond donors (Lipinski definition) is 0. The Labute approximate surface area is 174 Å². The summed E-state index contributed by atoms with van der Waals surface area (Å²) in [6.07, 6.45) is 4.92. The standard InChI is InChI=1S/C15H15Cl3O.2ClH.Ti/c1-15(2,3)10-5-4-6-13(10)19-14-11(17)7-9(16)8-12(14)18;;;/h4-5,7-8H,6H2,1-3H3;2*1H;/q;;;+2/p-2. The summed E-state index contributed by atoms with van der Waals surface area (Å²) in [4.78, 5) is 0. The maximum absolute atomic E-state index is 6.14. The molecule has 120 valence electrons. The Morgan fingerprint density at radius 2 is 1.50 bits per heavy atom. The van der Waals surface area contributed by atoms with Crippen LogP contribution in [0.3, 0.4) is 0 Å². The van der Waals surface area contributed by atoms with Gasteiger partial charge in [-0.2, -0.15) is 0 Å². The SMILES string of the molecule is CC(C)(C)C1=C(Oc2c(Cl)cc(Cl)cc2Cl)CC=C1.[Cl-].[Cl-].[Ti+2]. The van der Waals surface area contributed by atoms with Crippen molar-refractivity contribution in [2.75, 3.05) is 0 Å². The minimum absolute atomic E-state index is 0. The fourth-order valence-corrected chi connectivity index (χ4v) is 2.90. The molecule has 0 N–H and O–H groups in total. The van der Waals surface area contributed by atoms with Crippen LogP contribution in [-0.4, -0.2) is 0 Å². The molecule has 1 aliphatic carbocycles. The van der Waals surface area contributed by atoms with E-state index in [1.165, 1.54) is 0 Å². The zero-order valence-electron chi connectivity index (χ0n) is 12.3. The summed E-state index contributed by atoms with van der Waals surface area (Å²) in [5.41, 5.74) is 1.18. The molecule has 0 aromatic heterocycles. The van der Waals surface area contributed by atoms with Crippen LogP contribution in [0, 0.1) is 5.41 Å². The van der Waals surface area contributed by atoms with Gasteiger partial charge >= 0.3 is 21.7 Å². The second kappa shape index (κ2) is 9.84. The van der Waals surface area contributed by atoms with Crippen LogP contribution in [0.1, 0.15) is 27.2 Å². The van der Waals surface area contributed by atoms with E-state index in [1.807, 2.05) is 0 Å². The van der Waals surface area contributed by atoms with E-state index in [0.717, 1.165) is 17.8 Å². The number of rotatable bonds is 2. The van der Waals surface area contributed by atoms with Crippen molar-refractivity contribution in [1.82, 2.24) is 0 Å². The number of halogens is 5. The molecule has 0 atom stereocenters. The first-order valence-corrected chi connectivity index (χ1v) is 7.15. The van der Waals surface area contributed by atoms with Crippen molar-refractivity contribution in [3.63, 3.8) is 0 Å². The second-order valence-corrected chi connectivity index (χ2v) is 6.74. The fraction of sp³-hybridized carbons (Fsp3) is 0.333. The van der Waals surface area contributed by atoms with Gasteiger partial charge in [0.05, 0.1) is 10.0 Å². The molecule has 0 spiro atoms. The predicted molar refractivity (Wildman–Crippen MR) is 82.3 cm³/mol. The Morgan fingerprint density at radius 1 is 1.00 bits per heavy atom. The van der Waals surface area contributed by atoms with Gasteiger partial charge in [0.1, 0.15) is 5.76 Å². The van der Waals surface area contributed by atoms with Crippen molar-refractivity contribution in [2.24, 2.45) is 5.41 Å². The summed E-state index contributed by atoms with van der Waals surface area (Å²) < 4.78 is 5.93. The third-order valence-electron chi connectivity index (χ3n) is 2.88. The van der Waals surface area contributed by atoms with Crippen molar-refractivity contribution in [2.45, 2.75) is 27.2 Å². The maximum Gasteiger partial charge on any atom is 2.00 e. The summed E-state index contributed by atoms with van der Waals surface area (Å²) in [5.74, 6) is 1.35. The van der Waals surface area contributed by atoms with E-state index >= 15 is 0 Å². The monoisotopic (exact) mass is 434 g/mol. The van der Waals surface area contributed by atoms with Crippen molar-refractivity contribution < 1.29 is 51.3 Å². The quantitative estimate of drug-likeness (QED) is 0.606. The van der Waals surface area contributed by atoms with Gasteiger partial charge in [0, 0.05) is 11.4 Å². The van der Waals surface area contributed by atoms with E-state index in [1.54, 1.807) is 12.1 Å². The van der Waals surface area contributed by atoms with Gasteiger partial charge in [0.15, 0.2) is 5.75 Å². The third-order valence-corrected chi connectivity index (χ3v) is 3.66. The van der Waals surface area contributed by atoms with Gasteiger partial charge in [-0.3, -0.25) is 0 Å². The first-order chi connectivity index (χ1) is 8.79. The Bertz CT molecular complexity index is 553. The zero-order chi connectivity index (χ0) is 14.2. The molecule has 22 heavy (non-hydrogen) atoms. The molecule has 2 rings (SSSR count).